The van der Waals surface area contributed by atoms with Crippen LogP contribution < -0.4 is 5.73 Å². The highest BCUT2D eigenvalue weighted by Crippen LogP contribution is 2.23. The van der Waals surface area contributed by atoms with Gasteiger partial charge in [0.25, 0.3) is 0 Å². The molecule has 5 nitrogen and oxygen atoms in total. The Labute approximate surface area is 121 Å². The smallest absolute Gasteiger partial charge is 0.224 e. The predicted octanol–water partition coefficient (Wildman–Crippen LogP) is 1.78. The second-order valence-corrected chi connectivity index (χ2v) is 5.71. The quantitative estimate of drug-likeness (QED) is 0.862. The predicted molar refractivity (Wildman–Crippen MR) is 79.1 cm³/mol. The van der Waals surface area contributed by atoms with E-state index in [4.69, 9.17) is 5.73 Å². The van der Waals surface area contributed by atoms with Crippen LogP contribution in [0.15, 0.2) is 18.7 Å². The van der Waals surface area contributed by atoms with Crippen molar-refractivity contribution in [3.05, 3.63) is 18.7 Å². The van der Waals surface area contributed by atoms with Gasteiger partial charge in [0.15, 0.2) is 0 Å². The van der Waals surface area contributed by atoms with Crippen LogP contribution in [0.5, 0.6) is 0 Å². The molecule has 1 aromatic heterocycles. The lowest BCUT2D eigenvalue weighted by atomic mass is 9.90. The fraction of sp³-hybridized carbons (Fsp3) is 0.733. The standard InChI is InChI=1S/C15H26N4O/c1-2-9-19(14-5-3-13(16)4-6-14)15(20)7-10-18-11-8-17-12-18/h8,11-14H,2-7,9-10,16H2,1H3. The summed E-state index contributed by atoms with van der Waals surface area (Å²) in [4.78, 5) is 18.6. The van der Waals surface area contributed by atoms with Crippen LogP contribution in [0.2, 0.25) is 0 Å². The Hall–Kier alpha value is -1.36. The SMILES string of the molecule is CCCN(C(=O)CCn1ccnc1)C1CCC(N)CC1. The molecule has 0 unspecified atom stereocenters. The van der Waals surface area contributed by atoms with E-state index in [1.165, 1.54) is 0 Å². The number of nitrogens with two attached hydrogens (primary N) is 1. The lowest BCUT2D eigenvalue weighted by Gasteiger charge is -2.36. The summed E-state index contributed by atoms with van der Waals surface area (Å²) in [5.41, 5.74) is 5.96. The first kappa shape index (κ1) is 15.0. The Balaban J connectivity index is 1.88. The van der Waals surface area contributed by atoms with E-state index in [0.29, 0.717) is 25.0 Å². The molecule has 1 heterocycles. The zero-order valence-corrected chi connectivity index (χ0v) is 12.4. The highest BCUT2D eigenvalue weighted by Gasteiger charge is 2.26. The molecule has 1 amide bonds. The minimum absolute atomic E-state index is 0.265. The zero-order chi connectivity index (χ0) is 14.4. The number of carbonyl (C=O) groups is 1. The molecule has 2 N–H and O–H groups in total. The van der Waals surface area contributed by atoms with Crippen LogP contribution in [-0.4, -0.2) is 39.0 Å². The first-order chi connectivity index (χ1) is 9.70. The summed E-state index contributed by atoms with van der Waals surface area (Å²) >= 11 is 0. The molecule has 1 aliphatic rings. The molecule has 20 heavy (non-hydrogen) atoms. The summed E-state index contributed by atoms with van der Waals surface area (Å²) in [6.45, 7) is 3.71. The van der Waals surface area contributed by atoms with Crippen molar-refractivity contribution in [2.75, 3.05) is 6.54 Å². The van der Waals surface area contributed by atoms with Crippen molar-refractivity contribution in [1.29, 1.82) is 0 Å². The maximum atomic E-state index is 12.5. The zero-order valence-electron chi connectivity index (χ0n) is 12.4. The molecule has 0 atom stereocenters. The van der Waals surface area contributed by atoms with E-state index in [9.17, 15) is 4.79 Å². The molecule has 0 radical (unpaired) electrons. The molecule has 1 aromatic rings. The average Bonchev–Trinajstić information content (AvgIpc) is 2.97. The molecular weight excluding hydrogens is 252 g/mol. The van der Waals surface area contributed by atoms with Gasteiger partial charge in [0, 0.05) is 44.0 Å². The third-order valence-electron chi connectivity index (χ3n) is 4.11. The van der Waals surface area contributed by atoms with Gasteiger partial charge in [-0.25, -0.2) is 4.98 Å². The minimum atomic E-state index is 0.265. The number of hydrogen-bond donors (Lipinski definition) is 1. The Morgan fingerprint density at radius 1 is 1.40 bits per heavy atom. The van der Waals surface area contributed by atoms with Gasteiger partial charge in [-0.3, -0.25) is 4.79 Å². The molecule has 1 saturated carbocycles. The number of imidazole rings is 1. The number of nitrogens with zero attached hydrogens (tertiary/aromatic N) is 3. The van der Waals surface area contributed by atoms with Gasteiger partial charge in [-0.05, 0) is 32.1 Å². The van der Waals surface area contributed by atoms with Crippen molar-refractivity contribution in [2.45, 2.75) is 64.1 Å². The maximum absolute atomic E-state index is 12.5. The normalized spacial score (nSPS) is 22.7. The lowest BCUT2D eigenvalue weighted by Crippen LogP contribution is -2.44. The summed E-state index contributed by atoms with van der Waals surface area (Å²) in [5, 5.41) is 0. The van der Waals surface area contributed by atoms with Gasteiger partial charge in [0.2, 0.25) is 5.91 Å². The molecule has 0 aliphatic heterocycles. The van der Waals surface area contributed by atoms with Crippen molar-refractivity contribution in [3.8, 4) is 0 Å². The Morgan fingerprint density at radius 3 is 2.75 bits per heavy atom. The summed E-state index contributed by atoms with van der Waals surface area (Å²) in [7, 11) is 0. The third kappa shape index (κ3) is 4.07. The van der Waals surface area contributed by atoms with Crippen LogP contribution in [-0.2, 0) is 11.3 Å². The van der Waals surface area contributed by atoms with E-state index in [2.05, 4.69) is 16.8 Å². The summed E-state index contributed by atoms with van der Waals surface area (Å²) in [6.07, 6.45) is 11.2. The minimum Gasteiger partial charge on any atom is -0.340 e. The molecule has 5 heteroatoms. The van der Waals surface area contributed by atoms with E-state index in [-0.39, 0.29) is 5.91 Å². The largest absolute Gasteiger partial charge is 0.340 e. The fourth-order valence-electron chi connectivity index (χ4n) is 2.95. The molecule has 2 rings (SSSR count). The van der Waals surface area contributed by atoms with Crippen LogP contribution >= 0.6 is 0 Å². The van der Waals surface area contributed by atoms with Crippen LogP contribution in [0.1, 0.15) is 45.4 Å². The van der Waals surface area contributed by atoms with Crippen molar-refractivity contribution in [3.63, 3.8) is 0 Å². The van der Waals surface area contributed by atoms with Gasteiger partial charge < -0.3 is 15.2 Å². The first-order valence-electron chi connectivity index (χ1n) is 7.71. The second-order valence-electron chi connectivity index (χ2n) is 5.71. The maximum Gasteiger partial charge on any atom is 0.224 e. The molecule has 112 valence electrons. The number of hydrogen-bond acceptors (Lipinski definition) is 3. The van der Waals surface area contributed by atoms with E-state index < -0.39 is 0 Å². The molecule has 0 aromatic carbocycles. The Kier molecular flexibility index (Phi) is 5.59. The fourth-order valence-corrected chi connectivity index (χ4v) is 2.95. The summed E-state index contributed by atoms with van der Waals surface area (Å²) < 4.78 is 1.96. The molecular formula is C15H26N4O. The summed E-state index contributed by atoms with van der Waals surface area (Å²) in [6, 6.07) is 0.723. The number of aryl methyl sites for hydroxylation is 1. The lowest BCUT2D eigenvalue weighted by molar-refractivity contribution is -0.134. The van der Waals surface area contributed by atoms with Crippen LogP contribution in [0.25, 0.3) is 0 Å². The highest BCUT2D eigenvalue weighted by atomic mass is 16.2. The molecule has 1 aliphatic carbocycles. The molecule has 1 fully saturated rings. The van der Waals surface area contributed by atoms with Gasteiger partial charge in [0.1, 0.15) is 0 Å². The van der Waals surface area contributed by atoms with Crippen molar-refractivity contribution >= 4 is 5.91 Å². The molecule has 0 bridgehead atoms. The van der Waals surface area contributed by atoms with Crippen molar-refractivity contribution < 1.29 is 4.79 Å². The number of carbonyl (C=O) groups excluding carboxylic acids is 1. The Bertz CT molecular complexity index is 396. The molecule has 0 saturated heterocycles. The van der Waals surface area contributed by atoms with Gasteiger partial charge in [-0.15, -0.1) is 0 Å². The van der Waals surface area contributed by atoms with E-state index >= 15 is 0 Å². The highest BCUT2D eigenvalue weighted by molar-refractivity contribution is 5.76. The number of aromatic nitrogens is 2. The monoisotopic (exact) mass is 278 g/mol. The summed E-state index contributed by atoms with van der Waals surface area (Å²) in [5.74, 6) is 0.265. The van der Waals surface area contributed by atoms with Crippen molar-refractivity contribution in [1.82, 2.24) is 14.5 Å². The second kappa shape index (κ2) is 7.43. The van der Waals surface area contributed by atoms with Gasteiger partial charge >= 0.3 is 0 Å². The third-order valence-corrected chi connectivity index (χ3v) is 4.11. The van der Waals surface area contributed by atoms with E-state index in [1.807, 2.05) is 10.8 Å². The Morgan fingerprint density at radius 2 is 2.15 bits per heavy atom. The number of rotatable bonds is 6. The van der Waals surface area contributed by atoms with Gasteiger partial charge in [0.05, 0.1) is 6.33 Å². The van der Waals surface area contributed by atoms with Crippen LogP contribution in [0.3, 0.4) is 0 Å². The van der Waals surface area contributed by atoms with Gasteiger partial charge in [-0.2, -0.15) is 0 Å². The van der Waals surface area contributed by atoms with E-state index in [0.717, 1.165) is 38.6 Å². The number of amides is 1. The van der Waals surface area contributed by atoms with Crippen LogP contribution in [0.4, 0.5) is 0 Å². The van der Waals surface area contributed by atoms with Crippen molar-refractivity contribution in [2.24, 2.45) is 5.73 Å². The topological polar surface area (TPSA) is 64.2 Å². The van der Waals surface area contributed by atoms with Gasteiger partial charge in [-0.1, -0.05) is 6.92 Å². The molecule has 0 spiro atoms. The van der Waals surface area contributed by atoms with E-state index in [1.54, 1.807) is 12.5 Å². The average molecular weight is 278 g/mol. The van der Waals surface area contributed by atoms with Crippen LogP contribution in [0, 0.1) is 0 Å². The first-order valence-corrected chi connectivity index (χ1v) is 7.71.